The Morgan fingerprint density at radius 1 is 1.39 bits per heavy atom. The zero-order valence-corrected chi connectivity index (χ0v) is 12.4. The SMILES string of the molecule is NC(C(=O)NCc1c(F)cccc1OC(F)F)C1CCOCC1. The first kappa shape index (κ1) is 17.6. The van der Waals surface area contributed by atoms with Crippen LogP contribution in [0.2, 0.25) is 0 Å². The summed E-state index contributed by atoms with van der Waals surface area (Å²) >= 11 is 0. The van der Waals surface area contributed by atoms with Crippen LogP contribution in [0.25, 0.3) is 0 Å². The van der Waals surface area contributed by atoms with Crippen LogP contribution in [0, 0.1) is 11.7 Å². The highest BCUT2D eigenvalue weighted by molar-refractivity contribution is 5.81. The molecule has 5 nitrogen and oxygen atoms in total. The van der Waals surface area contributed by atoms with Gasteiger partial charge in [0.1, 0.15) is 11.6 Å². The molecule has 0 saturated carbocycles. The van der Waals surface area contributed by atoms with Gasteiger partial charge in [-0.25, -0.2) is 4.39 Å². The second-order valence-corrected chi connectivity index (χ2v) is 5.29. The van der Waals surface area contributed by atoms with Crippen molar-refractivity contribution in [3.8, 4) is 5.75 Å². The Morgan fingerprint density at radius 3 is 2.74 bits per heavy atom. The molecule has 1 aliphatic heterocycles. The van der Waals surface area contributed by atoms with Crippen molar-refractivity contribution < 1.29 is 27.4 Å². The summed E-state index contributed by atoms with van der Waals surface area (Å²) in [6.45, 7) is -2.25. The van der Waals surface area contributed by atoms with Crippen molar-refractivity contribution in [2.75, 3.05) is 13.2 Å². The van der Waals surface area contributed by atoms with Crippen LogP contribution in [0.15, 0.2) is 18.2 Å². The smallest absolute Gasteiger partial charge is 0.387 e. The quantitative estimate of drug-likeness (QED) is 0.833. The van der Waals surface area contributed by atoms with Crippen molar-refractivity contribution in [2.45, 2.75) is 32.0 Å². The van der Waals surface area contributed by atoms with Gasteiger partial charge in [0.15, 0.2) is 0 Å². The molecule has 1 saturated heterocycles. The topological polar surface area (TPSA) is 73.6 Å². The number of carbonyl (C=O) groups is 1. The molecule has 0 bridgehead atoms. The van der Waals surface area contributed by atoms with Crippen LogP contribution in [0.4, 0.5) is 13.2 Å². The Balaban J connectivity index is 1.98. The second-order valence-electron chi connectivity index (χ2n) is 5.29. The lowest BCUT2D eigenvalue weighted by atomic mass is 9.92. The maximum absolute atomic E-state index is 13.8. The molecule has 0 radical (unpaired) electrons. The van der Waals surface area contributed by atoms with E-state index < -0.39 is 24.4 Å². The summed E-state index contributed by atoms with van der Waals surface area (Å²) in [7, 11) is 0. The molecule has 1 aromatic rings. The molecule has 1 aliphatic rings. The molecule has 8 heteroatoms. The Hall–Kier alpha value is -1.80. The van der Waals surface area contributed by atoms with E-state index in [-0.39, 0.29) is 23.8 Å². The maximum Gasteiger partial charge on any atom is 0.387 e. The van der Waals surface area contributed by atoms with Gasteiger partial charge in [0.2, 0.25) is 5.91 Å². The minimum Gasteiger partial charge on any atom is -0.434 e. The third-order valence-electron chi connectivity index (χ3n) is 3.81. The van der Waals surface area contributed by atoms with E-state index in [1.54, 1.807) is 0 Å². The number of rotatable bonds is 6. The highest BCUT2D eigenvalue weighted by atomic mass is 19.3. The van der Waals surface area contributed by atoms with E-state index in [1.165, 1.54) is 12.1 Å². The van der Waals surface area contributed by atoms with Crippen LogP contribution in [-0.2, 0) is 16.1 Å². The molecule has 0 aliphatic carbocycles. The van der Waals surface area contributed by atoms with Crippen LogP contribution in [-0.4, -0.2) is 31.8 Å². The largest absolute Gasteiger partial charge is 0.434 e. The van der Waals surface area contributed by atoms with Crippen LogP contribution in [0.1, 0.15) is 18.4 Å². The van der Waals surface area contributed by atoms with Crippen LogP contribution in [0.5, 0.6) is 5.75 Å². The summed E-state index contributed by atoms with van der Waals surface area (Å²) in [5, 5.41) is 2.48. The highest BCUT2D eigenvalue weighted by Gasteiger charge is 2.26. The summed E-state index contributed by atoms with van der Waals surface area (Å²) in [5.41, 5.74) is 5.76. The van der Waals surface area contributed by atoms with Crippen molar-refractivity contribution in [3.05, 3.63) is 29.6 Å². The fraction of sp³-hybridized carbons (Fsp3) is 0.533. The lowest BCUT2D eigenvalue weighted by molar-refractivity contribution is -0.124. The number of hydrogen-bond donors (Lipinski definition) is 2. The lowest BCUT2D eigenvalue weighted by Gasteiger charge is -2.26. The van der Waals surface area contributed by atoms with E-state index >= 15 is 0 Å². The lowest BCUT2D eigenvalue weighted by Crippen LogP contribution is -2.46. The van der Waals surface area contributed by atoms with Gasteiger partial charge in [-0.3, -0.25) is 4.79 Å². The third-order valence-corrected chi connectivity index (χ3v) is 3.81. The average molecular weight is 332 g/mol. The number of amides is 1. The number of nitrogens with one attached hydrogen (secondary N) is 1. The molecule has 23 heavy (non-hydrogen) atoms. The first-order valence-corrected chi connectivity index (χ1v) is 7.32. The fourth-order valence-electron chi connectivity index (χ4n) is 2.50. The number of nitrogens with two attached hydrogens (primary N) is 1. The van der Waals surface area contributed by atoms with Gasteiger partial charge >= 0.3 is 6.61 Å². The zero-order valence-electron chi connectivity index (χ0n) is 12.4. The summed E-state index contributed by atoms with van der Waals surface area (Å²) in [6.07, 6.45) is 1.35. The van der Waals surface area contributed by atoms with Crippen LogP contribution in [0.3, 0.4) is 0 Å². The molecule has 1 heterocycles. The number of benzene rings is 1. The van der Waals surface area contributed by atoms with Crippen LogP contribution >= 0.6 is 0 Å². The first-order chi connectivity index (χ1) is 11.0. The number of carbonyl (C=O) groups excluding carboxylic acids is 1. The van der Waals surface area contributed by atoms with Gasteiger partial charge in [0.25, 0.3) is 0 Å². The second kappa shape index (κ2) is 8.16. The molecule has 3 N–H and O–H groups in total. The Bertz CT molecular complexity index is 537. The third kappa shape index (κ3) is 4.84. The maximum atomic E-state index is 13.8. The molecule has 0 aromatic heterocycles. The van der Waals surface area contributed by atoms with Crippen molar-refractivity contribution in [2.24, 2.45) is 11.7 Å². The van der Waals surface area contributed by atoms with E-state index in [0.29, 0.717) is 26.1 Å². The Morgan fingerprint density at radius 2 is 2.09 bits per heavy atom. The average Bonchev–Trinajstić information content (AvgIpc) is 2.53. The van der Waals surface area contributed by atoms with Gasteiger partial charge in [0.05, 0.1) is 6.04 Å². The van der Waals surface area contributed by atoms with Gasteiger partial charge in [-0.15, -0.1) is 0 Å². The summed E-state index contributed by atoms with van der Waals surface area (Å²) in [5.74, 6) is -1.51. The Labute approximate surface area is 131 Å². The minimum absolute atomic E-state index is 0.0128. The van der Waals surface area contributed by atoms with Crippen molar-refractivity contribution >= 4 is 5.91 Å². The van der Waals surface area contributed by atoms with Crippen molar-refractivity contribution in [3.63, 3.8) is 0 Å². The van der Waals surface area contributed by atoms with E-state index in [4.69, 9.17) is 10.5 Å². The summed E-state index contributed by atoms with van der Waals surface area (Å²) in [4.78, 5) is 12.1. The van der Waals surface area contributed by atoms with E-state index in [9.17, 15) is 18.0 Å². The molecule has 1 fully saturated rings. The van der Waals surface area contributed by atoms with Gasteiger partial charge in [0, 0.05) is 25.3 Å². The van der Waals surface area contributed by atoms with Gasteiger partial charge in [-0.2, -0.15) is 8.78 Å². The van der Waals surface area contributed by atoms with E-state index in [1.807, 2.05) is 0 Å². The first-order valence-electron chi connectivity index (χ1n) is 7.32. The van der Waals surface area contributed by atoms with Crippen molar-refractivity contribution in [1.29, 1.82) is 0 Å². The Kier molecular flexibility index (Phi) is 6.23. The zero-order chi connectivity index (χ0) is 16.8. The predicted molar refractivity (Wildman–Crippen MR) is 76.4 cm³/mol. The molecule has 0 spiro atoms. The molecular weight excluding hydrogens is 313 g/mol. The highest BCUT2D eigenvalue weighted by Crippen LogP contribution is 2.23. The molecule has 1 aromatic carbocycles. The standard InChI is InChI=1S/C15H19F3N2O3/c16-11-2-1-3-12(23-15(17)18)10(11)8-20-14(21)13(19)9-4-6-22-7-5-9/h1-3,9,13,15H,4-8,19H2,(H,20,21). The monoisotopic (exact) mass is 332 g/mol. The summed E-state index contributed by atoms with van der Waals surface area (Å²) in [6, 6.07) is 2.84. The number of halogens is 3. The predicted octanol–water partition coefficient (Wildman–Crippen LogP) is 1.80. The van der Waals surface area contributed by atoms with Gasteiger partial charge in [-0.1, -0.05) is 6.07 Å². The van der Waals surface area contributed by atoms with E-state index in [0.717, 1.165) is 6.07 Å². The number of ether oxygens (including phenoxy) is 2. The van der Waals surface area contributed by atoms with Crippen LogP contribution < -0.4 is 15.8 Å². The number of hydrogen-bond acceptors (Lipinski definition) is 4. The minimum atomic E-state index is -3.07. The molecule has 2 rings (SSSR count). The fourth-order valence-corrected chi connectivity index (χ4v) is 2.50. The summed E-state index contributed by atoms with van der Waals surface area (Å²) < 4.78 is 47.9. The number of alkyl halides is 2. The molecule has 1 amide bonds. The molecule has 1 unspecified atom stereocenters. The van der Waals surface area contributed by atoms with Crippen molar-refractivity contribution in [1.82, 2.24) is 5.32 Å². The van der Waals surface area contributed by atoms with Gasteiger partial charge < -0.3 is 20.5 Å². The molecule has 128 valence electrons. The van der Waals surface area contributed by atoms with Gasteiger partial charge in [-0.05, 0) is 30.9 Å². The molecular formula is C15H19F3N2O3. The normalized spacial score (nSPS) is 17.1. The molecule has 1 atom stereocenters. The van der Waals surface area contributed by atoms with E-state index in [2.05, 4.69) is 10.1 Å².